The van der Waals surface area contributed by atoms with Crippen LogP contribution in [-0.2, 0) is 0 Å². The van der Waals surface area contributed by atoms with Crippen molar-refractivity contribution >= 4 is 45.8 Å². The van der Waals surface area contributed by atoms with Gasteiger partial charge in [0.2, 0.25) is 0 Å². The number of nitrogens with one attached hydrogen (secondary N) is 2. The lowest BCUT2D eigenvalue weighted by molar-refractivity contribution is 0.102. The van der Waals surface area contributed by atoms with Crippen LogP contribution in [0.5, 0.6) is 0 Å². The smallest absolute Gasteiger partial charge is 0.255 e. The van der Waals surface area contributed by atoms with Gasteiger partial charge >= 0.3 is 0 Å². The van der Waals surface area contributed by atoms with Gasteiger partial charge in [0.1, 0.15) is 5.82 Å². The van der Waals surface area contributed by atoms with Crippen LogP contribution in [0.3, 0.4) is 0 Å². The molecule has 0 saturated heterocycles. The van der Waals surface area contributed by atoms with E-state index in [9.17, 15) is 4.79 Å². The van der Waals surface area contributed by atoms with Crippen LogP contribution in [0.1, 0.15) is 10.4 Å². The molecule has 0 bridgehead atoms. The predicted octanol–water partition coefficient (Wildman–Crippen LogP) is 5.79. The maximum Gasteiger partial charge on any atom is 0.255 e. The van der Waals surface area contributed by atoms with Crippen LogP contribution >= 0.6 is 23.2 Å². The number of carbonyl (C=O) groups excluding carboxylic acids is 1. The zero-order valence-corrected chi connectivity index (χ0v) is 15.0. The van der Waals surface area contributed by atoms with Gasteiger partial charge in [-0.3, -0.25) is 4.79 Å². The molecule has 1 heterocycles. The van der Waals surface area contributed by atoms with E-state index in [1.165, 1.54) is 0 Å². The molecule has 128 valence electrons. The molecule has 1 aromatic heterocycles. The van der Waals surface area contributed by atoms with Crippen LogP contribution in [-0.4, -0.2) is 15.9 Å². The van der Waals surface area contributed by atoms with Crippen molar-refractivity contribution in [1.82, 2.24) is 9.97 Å². The molecule has 26 heavy (non-hydrogen) atoms. The summed E-state index contributed by atoms with van der Waals surface area (Å²) in [5, 5.41) is 3.69. The molecule has 0 spiro atoms. The molecule has 0 unspecified atom stereocenters. The Hall–Kier alpha value is -2.82. The zero-order valence-electron chi connectivity index (χ0n) is 13.5. The van der Waals surface area contributed by atoms with Crippen LogP contribution < -0.4 is 5.32 Å². The number of H-pyrrole nitrogens is 1. The highest BCUT2D eigenvalue weighted by molar-refractivity contribution is 6.35. The number of fused-ring (bicyclic) bond motifs is 1. The van der Waals surface area contributed by atoms with Crippen molar-refractivity contribution in [3.05, 3.63) is 82.3 Å². The second-order valence-electron chi connectivity index (χ2n) is 5.80. The van der Waals surface area contributed by atoms with E-state index in [4.69, 9.17) is 23.2 Å². The van der Waals surface area contributed by atoms with E-state index in [1.54, 1.807) is 18.2 Å². The van der Waals surface area contributed by atoms with Crippen molar-refractivity contribution in [3.8, 4) is 11.4 Å². The summed E-state index contributed by atoms with van der Waals surface area (Å²) in [5.74, 6) is 0.462. The lowest BCUT2D eigenvalue weighted by atomic mass is 10.1. The Kier molecular flexibility index (Phi) is 4.37. The average Bonchev–Trinajstić information content (AvgIpc) is 3.05. The molecule has 0 aliphatic heterocycles. The summed E-state index contributed by atoms with van der Waals surface area (Å²) in [6.07, 6.45) is 0. The lowest BCUT2D eigenvalue weighted by Crippen LogP contribution is -2.11. The first kappa shape index (κ1) is 16.6. The van der Waals surface area contributed by atoms with E-state index in [0.29, 0.717) is 21.3 Å². The SMILES string of the molecule is O=C(Nc1cccc(-c2nc3ccccc3[nH]2)c1)c1cc(Cl)cc(Cl)c1. The minimum absolute atomic E-state index is 0.281. The fraction of sp³-hybridized carbons (Fsp3) is 0. The standard InChI is InChI=1S/C20H13Cl2N3O/c21-14-8-13(9-15(22)11-14)20(26)23-16-5-3-4-12(10-16)19-24-17-6-1-2-7-18(17)25-19/h1-11H,(H,23,26)(H,24,25). The number of rotatable bonds is 3. The van der Waals surface area contributed by atoms with Gasteiger partial charge in [-0.15, -0.1) is 0 Å². The number of imidazole rings is 1. The molecule has 4 nitrogen and oxygen atoms in total. The maximum atomic E-state index is 12.5. The number of aromatic nitrogens is 2. The van der Waals surface area contributed by atoms with Gasteiger partial charge in [-0.05, 0) is 42.5 Å². The van der Waals surface area contributed by atoms with E-state index in [0.717, 1.165) is 22.4 Å². The van der Waals surface area contributed by atoms with Crippen molar-refractivity contribution in [2.75, 3.05) is 5.32 Å². The molecule has 0 fully saturated rings. The monoisotopic (exact) mass is 381 g/mol. The second kappa shape index (κ2) is 6.83. The molecule has 4 aromatic rings. The number of anilines is 1. The number of aromatic amines is 1. The van der Waals surface area contributed by atoms with Gasteiger partial charge in [0, 0.05) is 26.9 Å². The normalized spacial score (nSPS) is 10.8. The summed E-state index contributed by atoms with van der Waals surface area (Å²) >= 11 is 11.9. The molecule has 4 rings (SSSR count). The van der Waals surface area contributed by atoms with Crippen LogP contribution in [0.25, 0.3) is 22.4 Å². The summed E-state index contributed by atoms with van der Waals surface area (Å²) in [4.78, 5) is 20.3. The van der Waals surface area contributed by atoms with Gasteiger partial charge in [-0.2, -0.15) is 0 Å². The third-order valence-electron chi connectivity index (χ3n) is 3.91. The highest BCUT2D eigenvalue weighted by Crippen LogP contribution is 2.24. The molecule has 6 heteroatoms. The van der Waals surface area contributed by atoms with Gasteiger partial charge in [0.05, 0.1) is 11.0 Å². The third kappa shape index (κ3) is 3.43. The molecule has 2 N–H and O–H groups in total. The van der Waals surface area contributed by atoms with E-state index >= 15 is 0 Å². The largest absolute Gasteiger partial charge is 0.338 e. The molecule has 3 aromatic carbocycles. The average molecular weight is 382 g/mol. The van der Waals surface area contributed by atoms with Gasteiger partial charge in [-0.1, -0.05) is 47.5 Å². The minimum atomic E-state index is -0.281. The van der Waals surface area contributed by atoms with Gasteiger partial charge in [0.25, 0.3) is 5.91 Å². The van der Waals surface area contributed by atoms with Crippen molar-refractivity contribution in [3.63, 3.8) is 0 Å². The Morgan fingerprint density at radius 2 is 1.69 bits per heavy atom. The van der Waals surface area contributed by atoms with Crippen LogP contribution in [0, 0.1) is 0 Å². The van der Waals surface area contributed by atoms with Crippen molar-refractivity contribution < 1.29 is 4.79 Å². The molecule has 1 amide bonds. The summed E-state index contributed by atoms with van der Waals surface area (Å²) in [6.45, 7) is 0. The first-order chi connectivity index (χ1) is 12.6. The first-order valence-corrected chi connectivity index (χ1v) is 8.67. The number of halogens is 2. The van der Waals surface area contributed by atoms with E-state index < -0.39 is 0 Å². The Labute approximate surface area is 159 Å². The van der Waals surface area contributed by atoms with Crippen LogP contribution in [0.4, 0.5) is 5.69 Å². The fourth-order valence-electron chi connectivity index (χ4n) is 2.72. The lowest BCUT2D eigenvalue weighted by Gasteiger charge is -2.07. The second-order valence-corrected chi connectivity index (χ2v) is 6.67. The first-order valence-electron chi connectivity index (χ1n) is 7.91. The molecular weight excluding hydrogens is 369 g/mol. The van der Waals surface area contributed by atoms with Crippen molar-refractivity contribution in [2.24, 2.45) is 0 Å². The minimum Gasteiger partial charge on any atom is -0.338 e. The third-order valence-corrected chi connectivity index (χ3v) is 4.34. The van der Waals surface area contributed by atoms with Gasteiger partial charge in [-0.25, -0.2) is 4.98 Å². The highest BCUT2D eigenvalue weighted by Gasteiger charge is 2.10. The summed E-state index contributed by atoms with van der Waals surface area (Å²) < 4.78 is 0. The predicted molar refractivity (Wildman–Crippen MR) is 106 cm³/mol. The quantitative estimate of drug-likeness (QED) is 0.471. The number of hydrogen-bond acceptors (Lipinski definition) is 2. The number of hydrogen-bond donors (Lipinski definition) is 2. The number of nitrogens with zero attached hydrogens (tertiary/aromatic N) is 1. The van der Waals surface area contributed by atoms with Gasteiger partial charge in [0.15, 0.2) is 0 Å². The Morgan fingerprint density at radius 1 is 0.923 bits per heavy atom. The summed E-state index contributed by atoms with van der Waals surface area (Å²) in [6, 6.07) is 20.0. The number of amides is 1. The van der Waals surface area contributed by atoms with E-state index in [1.807, 2.05) is 48.5 Å². The van der Waals surface area contributed by atoms with Crippen LogP contribution in [0.2, 0.25) is 10.0 Å². The molecule has 0 aliphatic rings. The molecular formula is C20H13Cl2N3O. The van der Waals surface area contributed by atoms with E-state index in [-0.39, 0.29) is 5.91 Å². The van der Waals surface area contributed by atoms with Gasteiger partial charge < -0.3 is 10.3 Å². The zero-order chi connectivity index (χ0) is 18.1. The molecule has 0 aliphatic carbocycles. The maximum absolute atomic E-state index is 12.5. The van der Waals surface area contributed by atoms with E-state index in [2.05, 4.69) is 15.3 Å². The summed E-state index contributed by atoms with van der Waals surface area (Å²) in [5.41, 5.74) is 3.79. The highest BCUT2D eigenvalue weighted by atomic mass is 35.5. The molecule has 0 atom stereocenters. The Bertz CT molecular complexity index is 1070. The topological polar surface area (TPSA) is 57.8 Å². The number of benzene rings is 3. The Morgan fingerprint density at radius 3 is 2.46 bits per heavy atom. The summed E-state index contributed by atoms with van der Waals surface area (Å²) in [7, 11) is 0. The number of para-hydroxylation sites is 2. The Balaban J connectivity index is 1.62. The number of carbonyl (C=O) groups is 1. The van der Waals surface area contributed by atoms with Crippen LogP contribution in [0.15, 0.2) is 66.7 Å². The fourth-order valence-corrected chi connectivity index (χ4v) is 3.25. The molecule has 0 saturated carbocycles. The van der Waals surface area contributed by atoms with Crippen molar-refractivity contribution in [2.45, 2.75) is 0 Å². The van der Waals surface area contributed by atoms with Crippen molar-refractivity contribution in [1.29, 1.82) is 0 Å². The molecule has 0 radical (unpaired) electrons.